The summed E-state index contributed by atoms with van der Waals surface area (Å²) in [5.41, 5.74) is 6.68. The normalized spacial score (nSPS) is 22.1. The molecule has 3 atom stereocenters. The zero-order chi connectivity index (χ0) is 28.1. The molecule has 7 nitrogen and oxygen atoms in total. The zero-order valence-electron chi connectivity index (χ0n) is 23.1. The van der Waals surface area contributed by atoms with Gasteiger partial charge in [-0.05, 0) is 78.0 Å². The fourth-order valence-electron chi connectivity index (χ4n) is 6.78. The average Bonchev–Trinajstić information content (AvgIpc) is 3.51. The van der Waals surface area contributed by atoms with E-state index in [0.29, 0.717) is 29.2 Å². The molecule has 0 saturated heterocycles. The van der Waals surface area contributed by atoms with Crippen LogP contribution in [0.2, 0.25) is 0 Å². The van der Waals surface area contributed by atoms with Crippen LogP contribution in [0.1, 0.15) is 72.3 Å². The standard InChI is InChI=1S/C29H35N3O4S.C2H2/c1-17-24-16-32-25-14-19(29(33)30-37(34,35)31(2)3)10-12-22(25)27(18-8-6-5-7-9-18)28(32)21-13-11-20(36-4)15-23(21)26(17)24;1-2/h10-15,17-18,24,26H,5-9,16H2,1-4H3,(H,30,33);1-2H/t17-,24?,26?;/m1./s1. The van der Waals surface area contributed by atoms with Crippen molar-refractivity contribution in [3.8, 4) is 29.9 Å². The van der Waals surface area contributed by atoms with E-state index < -0.39 is 16.1 Å². The highest BCUT2D eigenvalue weighted by atomic mass is 32.2. The predicted octanol–water partition coefficient (Wildman–Crippen LogP) is 5.51. The summed E-state index contributed by atoms with van der Waals surface area (Å²) in [6.45, 7) is 3.21. The molecule has 1 amide bonds. The number of carbonyl (C=O) groups excluding carboxylic acids is 1. The number of benzene rings is 2. The van der Waals surface area contributed by atoms with Gasteiger partial charge in [-0.25, -0.2) is 4.72 Å². The van der Waals surface area contributed by atoms with Gasteiger partial charge in [0.2, 0.25) is 0 Å². The maximum atomic E-state index is 13.0. The lowest BCUT2D eigenvalue weighted by Gasteiger charge is -2.24. The van der Waals surface area contributed by atoms with Gasteiger partial charge >= 0.3 is 10.2 Å². The summed E-state index contributed by atoms with van der Waals surface area (Å²) in [7, 11) is 0.656. The van der Waals surface area contributed by atoms with Crippen LogP contribution in [0.4, 0.5) is 0 Å². The molecule has 2 fully saturated rings. The number of methoxy groups -OCH3 is 1. The van der Waals surface area contributed by atoms with Gasteiger partial charge in [-0.1, -0.05) is 32.3 Å². The van der Waals surface area contributed by atoms with Crippen molar-refractivity contribution >= 4 is 27.0 Å². The molecule has 2 unspecified atom stereocenters. The van der Waals surface area contributed by atoms with Crippen LogP contribution in [0.15, 0.2) is 36.4 Å². The third-order valence-corrected chi connectivity index (χ3v) is 10.3. The lowest BCUT2D eigenvalue weighted by atomic mass is 9.81. The SMILES string of the molecule is C#C.COc1ccc2c(c1)C1C(Cn3c-2c(C2CCCCC2)c2ccc(C(=O)NS(=O)(=O)N(C)C)cc23)[C@H]1C. The third-order valence-electron chi connectivity index (χ3n) is 8.91. The summed E-state index contributed by atoms with van der Waals surface area (Å²) in [5.74, 6) is 2.35. The molecule has 2 saturated carbocycles. The van der Waals surface area contributed by atoms with Crippen LogP contribution in [0.5, 0.6) is 5.75 Å². The minimum absolute atomic E-state index is 0.355. The fraction of sp³-hybridized carbons (Fsp3) is 0.452. The van der Waals surface area contributed by atoms with Crippen LogP contribution < -0.4 is 9.46 Å². The summed E-state index contributed by atoms with van der Waals surface area (Å²) < 4.78 is 35.9. The number of aromatic nitrogens is 1. The largest absolute Gasteiger partial charge is 0.497 e. The second kappa shape index (κ2) is 10.4. The number of terminal acetylenes is 1. The van der Waals surface area contributed by atoms with E-state index in [-0.39, 0.29) is 0 Å². The molecule has 3 aliphatic rings. The summed E-state index contributed by atoms with van der Waals surface area (Å²) in [4.78, 5) is 13.0. The Bertz CT molecular complexity index is 1550. The number of ether oxygens (including phenoxy) is 1. The molecular weight excluding hydrogens is 510 g/mol. The molecule has 1 N–H and O–H groups in total. The Labute approximate surface area is 231 Å². The van der Waals surface area contributed by atoms with Crippen molar-refractivity contribution in [1.29, 1.82) is 0 Å². The van der Waals surface area contributed by atoms with Crippen LogP contribution in [0, 0.1) is 24.7 Å². The number of hydrogen-bond acceptors (Lipinski definition) is 4. The van der Waals surface area contributed by atoms with Crippen molar-refractivity contribution in [2.45, 2.75) is 57.4 Å². The number of nitrogens with zero attached hydrogens (tertiary/aromatic N) is 2. The minimum Gasteiger partial charge on any atom is -0.497 e. The lowest BCUT2D eigenvalue weighted by molar-refractivity contribution is 0.0980. The maximum Gasteiger partial charge on any atom is 0.303 e. The number of fused-ring (bicyclic) bond motifs is 7. The van der Waals surface area contributed by atoms with Crippen LogP contribution in [0.3, 0.4) is 0 Å². The van der Waals surface area contributed by atoms with E-state index in [0.717, 1.165) is 22.1 Å². The van der Waals surface area contributed by atoms with Gasteiger partial charge in [-0.2, -0.15) is 12.7 Å². The molecule has 6 rings (SSSR count). The molecule has 2 aliphatic carbocycles. The van der Waals surface area contributed by atoms with Gasteiger partial charge < -0.3 is 9.30 Å². The highest BCUT2D eigenvalue weighted by molar-refractivity contribution is 7.87. The molecule has 8 heteroatoms. The quantitative estimate of drug-likeness (QED) is 0.427. The molecule has 0 radical (unpaired) electrons. The topological polar surface area (TPSA) is 80.6 Å². The summed E-state index contributed by atoms with van der Waals surface area (Å²) in [6, 6.07) is 12.2. The van der Waals surface area contributed by atoms with Gasteiger partial charge in [-0.3, -0.25) is 4.79 Å². The molecule has 206 valence electrons. The minimum atomic E-state index is -3.87. The molecule has 3 aromatic rings. The van der Waals surface area contributed by atoms with Crippen molar-refractivity contribution in [2.75, 3.05) is 21.2 Å². The molecular formula is C31H37N3O4S. The highest BCUT2D eigenvalue weighted by Crippen LogP contribution is 2.60. The number of nitrogens with one attached hydrogen (secondary N) is 1. The molecule has 0 spiro atoms. The Kier molecular flexibility index (Phi) is 7.25. The predicted molar refractivity (Wildman–Crippen MR) is 155 cm³/mol. The fourth-order valence-corrected chi connectivity index (χ4v) is 7.31. The first kappa shape index (κ1) is 27.3. The molecule has 1 aromatic heterocycles. The first-order chi connectivity index (χ1) is 18.7. The zero-order valence-corrected chi connectivity index (χ0v) is 23.9. The van der Waals surface area contributed by atoms with E-state index >= 15 is 0 Å². The smallest absolute Gasteiger partial charge is 0.303 e. The molecule has 0 bridgehead atoms. The average molecular weight is 548 g/mol. The third kappa shape index (κ3) is 4.62. The van der Waals surface area contributed by atoms with Crippen molar-refractivity contribution in [3.63, 3.8) is 0 Å². The van der Waals surface area contributed by atoms with Gasteiger partial charge in [0.15, 0.2) is 0 Å². The Morgan fingerprint density at radius 2 is 1.79 bits per heavy atom. The van der Waals surface area contributed by atoms with Crippen molar-refractivity contribution < 1.29 is 17.9 Å². The lowest BCUT2D eigenvalue weighted by Crippen LogP contribution is -2.39. The van der Waals surface area contributed by atoms with Crippen molar-refractivity contribution in [1.82, 2.24) is 13.6 Å². The maximum absolute atomic E-state index is 13.0. The van der Waals surface area contributed by atoms with E-state index in [2.05, 4.69) is 47.3 Å². The van der Waals surface area contributed by atoms with Crippen molar-refractivity contribution in [3.05, 3.63) is 53.1 Å². The Morgan fingerprint density at radius 1 is 1.08 bits per heavy atom. The van der Waals surface area contributed by atoms with E-state index in [4.69, 9.17) is 4.74 Å². The molecule has 1 aliphatic heterocycles. The monoisotopic (exact) mass is 547 g/mol. The van der Waals surface area contributed by atoms with Crippen molar-refractivity contribution in [2.24, 2.45) is 11.8 Å². The number of hydrogen-bond donors (Lipinski definition) is 1. The Balaban J connectivity index is 0.00000151. The second-order valence-corrected chi connectivity index (χ2v) is 13.0. The van der Waals surface area contributed by atoms with Crippen LogP contribution in [-0.2, 0) is 16.8 Å². The Morgan fingerprint density at radius 3 is 2.46 bits per heavy atom. The van der Waals surface area contributed by atoms with Gasteiger partial charge in [0, 0.05) is 42.7 Å². The second-order valence-electron chi connectivity index (χ2n) is 11.2. The number of carbonyl (C=O) groups is 1. The summed E-state index contributed by atoms with van der Waals surface area (Å²) in [5, 5.41) is 1.18. The van der Waals surface area contributed by atoms with Gasteiger partial charge in [0.05, 0.1) is 12.8 Å². The molecule has 2 heterocycles. The van der Waals surface area contributed by atoms with Crippen LogP contribution in [-0.4, -0.2) is 44.4 Å². The first-order valence-electron chi connectivity index (χ1n) is 13.6. The van der Waals surface area contributed by atoms with Gasteiger partial charge in [0.1, 0.15) is 5.75 Å². The highest BCUT2D eigenvalue weighted by Gasteiger charge is 2.51. The number of rotatable bonds is 5. The van der Waals surface area contributed by atoms with Gasteiger partial charge in [0.25, 0.3) is 5.91 Å². The van der Waals surface area contributed by atoms with E-state index in [1.807, 2.05) is 12.1 Å². The summed E-state index contributed by atoms with van der Waals surface area (Å²) in [6.07, 6.45) is 14.1. The molecule has 2 aromatic carbocycles. The Hall–Kier alpha value is -3.28. The first-order valence-corrected chi connectivity index (χ1v) is 15.1. The van der Waals surface area contributed by atoms with E-state index in [9.17, 15) is 13.2 Å². The number of amides is 1. The van der Waals surface area contributed by atoms with Crippen LogP contribution in [0.25, 0.3) is 22.2 Å². The molecule has 39 heavy (non-hydrogen) atoms. The van der Waals surface area contributed by atoms with E-state index in [1.54, 1.807) is 13.2 Å². The van der Waals surface area contributed by atoms with Crippen LogP contribution >= 0.6 is 0 Å². The van der Waals surface area contributed by atoms with E-state index in [1.165, 1.54) is 74.0 Å². The summed E-state index contributed by atoms with van der Waals surface area (Å²) >= 11 is 0. The van der Waals surface area contributed by atoms with Gasteiger partial charge in [-0.15, -0.1) is 12.8 Å².